The molecule has 0 aliphatic carbocycles. The van der Waals surface area contributed by atoms with Crippen molar-refractivity contribution in [2.75, 3.05) is 6.54 Å². The zero-order valence-electron chi connectivity index (χ0n) is 9.06. The average molecular weight is 252 g/mol. The maximum Gasteiger partial charge on any atom is 0.316 e. The van der Waals surface area contributed by atoms with E-state index in [2.05, 4.69) is 15.0 Å². The molecule has 1 aromatic heterocycles. The molecule has 1 N–H and O–H groups in total. The summed E-state index contributed by atoms with van der Waals surface area (Å²) in [4.78, 5) is 17.6. The molecule has 0 saturated heterocycles. The molecule has 0 spiro atoms. The minimum Gasteiger partial charge on any atom is -0.480 e. The number of nitrogens with zero attached hydrogens (tertiary/aromatic N) is 4. The first-order valence-electron chi connectivity index (χ1n) is 4.99. The highest BCUT2D eigenvalue weighted by Gasteiger charge is 2.17. The van der Waals surface area contributed by atoms with E-state index in [9.17, 15) is 4.79 Å². The van der Waals surface area contributed by atoms with Crippen molar-refractivity contribution >= 4 is 17.7 Å². The van der Waals surface area contributed by atoms with Crippen LogP contribution in [-0.4, -0.2) is 27.9 Å². The van der Waals surface area contributed by atoms with Crippen LogP contribution < -0.4 is 0 Å². The fourth-order valence-electron chi connectivity index (χ4n) is 1.17. The Bertz CT molecular complexity index is 406. The van der Waals surface area contributed by atoms with Crippen molar-refractivity contribution in [3.05, 3.63) is 40.5 Å². The summed E-state index contributed by atoms with van der Waals surface area (Å²) < 4.78 is 0. The lowest BCUT2D eigenvalue weighted by molar-refractivity contribution is -0.136. The van der Waals surface area contributed by atoms with Crippen molar-refractivity contribution in [1.82, 2.24) is 4.98 Å². The Morgan fingerprint density at radius 2 is 2.47 bits per heavy atom. The van der Waals surface area contributed by atoms with Crippen LogP contribution in [0.5, 0.6) is 0 Å². The topological polar surface area (TPSA) is 99.0 Å². The van der Waals surface area contributed by atoms with Gasteiger partial charge >= 0.3 is 5.97 Å². The zero-order valence-corrected chi connectivity index (χ0v) is 9.88. The first-order valence-corrected chi connectivity index (χ1v) is 6.04. The molecule has 0 aliphatic rings. The maximum atomic E-state index is 10.9. The molecule has 6 nitrogen and oxygen atoms in total. The van der Waals surface area contributed by atoms with E-state index in [1.165, 1.54) is 11.8 Å². The predicted octanol–water partition coefficient (Wildman–Crippen LogP) is 2.47. The first-order chi connectivity index (χ1) is 8.24. The van der Waals surface area contributed by atoms with Gasteiger partial charge in [0.1, 0.15) is 5.25 Å². The van der Waals surface area contributed by atoms with Crippen LogP contribution in [0, 0.1) is 0 Å². The van der Waals surface area contributed by atoms with E-state index in [-0.39, 0.29) is 6.54 Å². The summed E-state index contributed by atoms with van der Waals surface area (Å²) in [5, 5.41) is 11.7. The Hall–Kier alpha value is -1.72. The second-order valence-corrected chi connectivity index (χ2v) is 4.39. The van der Waals surface area contributed by atoms with Gasteiger partial charge in [0.2, 0.25) is 0 Å². The van der Waals surface area contributed by atoms with Gasteiger partial charge in [-0.1, -0.05) is 11.2 Å². The predicted molar refractivity (Wildman–Crippen MR) is 65.6 cm³/mol. The minimum absolute atomic E-state index is 0.197. The summed E-state index contributed by atoms with van der Waals surface area (Å²) in [6, 6.07) is 5.52. The van der Waals surface area contributed by atoms with Crippen molar-refractivity contribution in [3.63, 3.8) is 0 Å². The molecule has 1 atom stereocenters. The van der Waals surface area contributed by atoms with Crippen molar-refractivity contribution in [3.8, 4) is 0 Å². The molecule has 0 saturated carbocycles. The maximum absolute atomic E-state index is 10.9. The number of carbonyl (C=O) groups is 1. The van der Waals surface area contributed by atoms with Crippen LogP contribution in [0.15, 0.2) is 29.5 Å². The van der Waals surface area contributed by atoms with E-state index in [1.54, 1.807) is 6.20 Å². The lowest BCUT2D eigenvalue weighted by Crippen LogP contribution is -2.17. The summed E-state index contributed by atoms with van der Waals surface area (Å²) >= 11 is 1.29. The van der Waals surface area contributed by atoms with Gasteiger partial charge in [0, 0.05) is 23.4 Å². The third-order valence-corrected chi connectivity index (χ3v) is 3.29. The van der Waals surface area contributed by atoms with Gasteiger partial charge in [-0.2, -0.15) is 0 Å². The number of rotatable bonds is 7. The van der Waals surface area contributed by atoms with E-state index < -0.39 is 11.2 Å². The van der Waals surface area contributed by atoms with Crippen molar-refractivity contribution < 1.29 is 9.90 Å². The number of aliphatic carboxylic acids is 1. The number of thioether (sulfide) groups is 1. The van der Waals surface area contributed by atoms with Crippen molar-refractivity contribution in [2.45, 2.75) is 17.4 Å². The number of hydrogen-bond donors (Lipinski definition) is 1. The molecule has 0 aromatic carbocycles. The third kappa shape index (κ3) is 5.24. The van der Waals surface area contributed by atoms with Crippen LogP contribution in [0.1, 0.15) is 12.1 Å². The minimum atomic E-state index is -0.890. The molecule has 0 aliphatic heterocycles. The lowest BCUT2D eigenvalue weighted by atomic mass is 10.3. The Balaban J connectivity index is 2.44. The van der Waals surface area contributed by atoms with E-state index in [0.717, 1.165) is 5.69 Å². The van der Waals surface area contributed by atoms with Gasteiger partial charge in [0.15, 0.2) is 0 Å². The zero-order chi connectivity index (χ0) is 12.5. The molecule has 0 radical (unpaired) electrons. The van der Waals surface area contributed by atoms with Crippen LogP contribution in [0.3, 0.4) is 0 Å². The summed E-state index contributed by atoms with van der Waals surface area (Å²) in [6.07, 6.45) is 2.00. The Morgan fingerprint density at radius 1 is 1.65 bits per heavy atom. The van der Waals surface area contributed by atoms with Gasteiger partial charge in [-0.15, -0.1) is 11.8 Å². The molecule has 0 amide bonds. The number of aromatic nitrogens is 1. The highest BCUT2D eigenvalue weighted by atomic mass is 32.2. The van der Waals surface area contributed by atoms with Gasteiger partial charge in [-0.3, -0.25) is 9.78 Å². The van der Waals surface area contributed by atoms with Gasteiger partial charge in [0.05, 0.1) is 5.69 Å². The molecule has 1 heterocycles. The summed E-state index contributed by atoms with van der Waals surface area (Å²) in [6.45, 7) is 0.197. The van der Waals surface area contributed by atoms with Crippen LogP contribution in [0.25, 0.3) is 10.4 Å². The SMILES string of the molecule is [N-]=[N+]=NCCC(SCc1ccccn1)C(=O)O. The summed E-state index contributed by atoms with van der Waals surface area (Å²) in [5.74, 6) is -0.354. The smallest absolute Gasteiger partial charge is 0.316 e. The molecule has 7 heteroatoms. The molecule has 90 valence electrons. The van der Waals surface area contributed by atoms with Gasteiger partial charge in [-0.25, -0.2) is 0 Å². The third-order valence-electron chi connectivity index (χ3n) is 1.99. The number of pyridine rings is 1. The van der Waals surface area contributed by atoms with Crippen molar-refractivity contribution in [2.24, 2.45) is 5.11 Å². The van der Waals surface area contributed by atoms with Crippen LogP contribution in [0.2, 0.25) is 0 Å². The second kappa shape index (κ2) is 7.54. The van der Waals surface area contributed by atoms with Crippen molar-refractivity contribution in [1.29, 1.82) is 0 Å². The van der Waals surface area contributed by atoms with Gasteiger partial charge < -0.3 is 5.11 Å². The summed E-state index contributed by atoms with van der Waals surface area (Å²) in [7, 11) is 0. The molecular formula is C10H12N4O2S. The quantitative estimate of drug-likeness (QED) is 0.457. The molecule has 1 rings (SSSR count). The molecular weight excluding hydrogens is 240 g/mol. The van der Waals surface area contributed by atoms with E-state index in [0.29, 0.717) is 12.2 Å². The molecule has 0 fully saturated rings. The molecule has 1 aromatic rings. The van der Waals surface area contributed by atoms with E-state index >= 15 is 0 Å². The van der Waals surface area contributed by atoms with Crippen LogP contribution >= 0.6 is 11.8 Å². The summed E-state index contributed by atoms with van der Waals surface area (Å²) in [5.41, 5.74) is 8.96. The highest BCUT2D eigenvalue weighted by molar-refractivity contribution is 7.99. The number of azide groups is 1. The largest absolute Gasteiger partial charge is 0.480 e. The molecule has 17 heavy (non-hydrogen) atoms. The van der Waals surface area contributed by atoms with Crippen LogP contribution in [-0.2, 0) is 10.5 Å². The van der Waals surface area contributed by atoms with Gasteiger partial charge in [0.25, 0.3) is 0 Å². The Labute approximate surface area is 103 Å². The Kier molecular flexibility index (Phi) is 5.92. The highest BCUT2D eigenvalue weighted by Crippen LogP contribution is 2.19. The monoisotopic (exact) mass is 252 g/mol. The fraction of sp³-hybridized carbons (Fsp3) is 0.400. The molecule has 0 bridgehead atoms. The second-order valence-electron chi connectivity index (χ2n) is 3.20. The average Bonchev–Trinajstić information content (AvgIpc) is 2.34. The van der Waals surface area contributed by atoms with Crippen LogP contribution in [0.4, 0.5) is 0 Å². The number of carboxylic acid groups (broad SMARTS) is 1. The van der Waals surface area contributed by atoms with E-state index in [1.807, 2.05) is 18.2 Å². The normalized spacial score (nSPS) is 11.5. The fourth-order valence-corrected chi connectivity index (χ4v) is 2.12. The number of hydrogen-bond acceptors (Lipinski definition) is 4. The Morgan fingerprint density at radius 3 is 3.06 bits per heavy atom. The standard InChI is InChI=1S/C10H12N4O2S/c11-14-13-6-4-9(10(15)16)17-7-8-3-1-2-5-12-8/h1-3,5,9H,4,6-7H2,(H,15,16). The van der Waals surface area contributed by atoms with E-state index in [4.69, 9.17) is 10.6 Å². The van der Waals surface area contributed by atoms with Gasteiger partial charge in [-0.05, 0) is 24.1 Å². The lowest BCUT2D eigenvalue weighted by Gasteiger charge is -2.09. The first kappa shape index (κ1) is 13.3. The molecule has 1 unspecified atom stereocenters. The number of carboxylic acids is 1.